The Morgan fingerprint density at radius 3 is 2.61 bits per heavy atom. The number of piperidine rings is 1. The molecule has 4 nitrogen and oxygen atoms in total. The fourth-order valence-electron chi connectivity index (χ4n) is 2.58. The van der Waals surface area contributed by atoms with Crippen LogP contribution in [0.15, 0.2) is 24.3 Å². The lowest BCUT2D eigenvalue weighted by Crippen LogP contribution is -2.36. The zero-order chi connectivity index (χ0) is 12.5. The SMILES string of the molecule is Cn1c(C(=O)N2CCCCC2)nc2ccccc21. The van der Waals surface area contributed by atoms with E-state index in [0.717, 1.165) is 37.0 Å². The second-order valence-corrected chi connectivity index (χ2v) is 4.84. The summed E-state index contributed by atoms with van der Waals surface area (Å²) in [5.41, 5.74) is 1.90. The van der Waals surface area contributed by atoms with Crippen LogP contribution < -0.4 is 0 Å². The van der Waals surface area contributed by atoms with E-state index in [1.807, 2.05) is 40.8 Å². The lowest BCUT2D eigenvalue weighted by Gasteiger charge is -2.26. The number of rotatable bonds is 1. The first-order valence-corrected chi connectivity index (χ1v) is 6.48. The van der Waals surface area contributed by atoms with E-state index in [9.17, 15) is 4.79 Å². The highest BCUT2D eigenvalue weighted by atomic mass is 16.2. The van der Waals surface area contributed by atoms with Crippen molar-refractivity contribution in [3.8, 4) is 0 Å². The topological polar surface area (TPSA) is 38.1 Å². The van der Waals surface area contributed by atoms with Crippen molar-refractivity contribution < 1.29 is 4.79 Å². The summed E-state index contributed by atoms with van der Waals surface area (Å²) < 4.78 is 1.90. The van der Waals surface area contributed by atoms with E-state index in [1.165, 1.54) is 6.42 Å². The van der Waals surface area contributed by atoms with Crippen LogP contribution in [0.1, 0.15) is 29.9 Å². The average molecular weight is 243 g/mol. The molecule has 2 aromatic rings. The zero-order valence-electron chi connectivity index (χ0n) is 10.6. The van der Waals surface area contributed by atoms with Crippen LogP contribution in [0.4, 0.5) is 0 Å². The van der Waals surface area contributed by atoms with Crippen molar-refractivity contribution in [1.82, 2.24) is 14.5 Å². The lowest BCUT2D eigenvalue weighted by atomic mass is 10.1. The molecule has 3 rings (SSSR count). The van der Waals surface area contributed by atoms with Gasteiger partial charge in [-0.15, -0.1) is 0 Å². The number of hydrogen-bond donors (Lipinski definition) is 0. The Kier molecular flexibility index (Phi) is 2.78. The lowest BCUT2D eigenvalue weighted by molar-refractivity contribution is 0.0709. The van der Waals surface area contributed by atoms with Gasteiger partial charge in [-0.2, -0.15) is 0 Å². The van der Waals surface area contributed by atoms with Crippen molar-refractivity contribution >= 4 is 16.9 Å². The fraction of sp³-hybridized carbons (Fsp3) is 0.429. The van der Waals surface area contributed by atoms with Crippen LogP contribution in [-0.2, 0) is 7.05 Å². The Labute approximate surface area is 106 Å². The first-order valence-electron chi connectivity index (χ1n) is 6.48. The molecular formula is C14H17N3O. The molecule has 1 fully saturated rings. The first kappa shape index (κ1) is 11.3. The Balaban J connectivity index is 1.98. The quantitative estimate of drug-likeness (QED) is 0.770. The molecule has 0 bridgehead atoms. The highest BCUT2D eigenvalue weighted by molar-refractivity contribution is 5.94. The molecule has 0 saturated carbocycles. The number of nitrogens with zero attached hydrogens (tertiary/aromatic N) is 3. The van der Waals surface area contributed by atoms with E-state index >= 15 is 0 Å². The van der Waals surface area contributed by atoms with E-state index in [2.05, 4.69) is 4.98 Å². The van der Waals surface area contributed by atoms with Gasteiger partial charge in [-0.05, 0) is 31.4 Å². The molecule has 0 N–H and O–H groups in total. The number of imidazole rings is 1. The average Bonchev–Trinajstić information content (AvgIpc) is 2.77. The maximum atomic E-state index is 12.4. The summed E-state index contributed by atoms with van der Waals surface area (Å²) in [6.07, 6.45) is 3.44. The molecule has 94 valence electrons. The summed E-state index contributed by atoms with van der Waals surface area (Å²) in [5, 5.41) is 0. The molecule has 1 aliphatic rings. The number of hydrogen-bond acceptors (Lipinski definition) is 2. The molecule has 0 aliphatic carbocycles. The summed E-state index contributed by atoms with van der Waals surface area (Å²) >= 11 is 0. The third kappa shape index (κ3) is 1.78. The highest BCUT2D eigenvalue weighted by Gasteiger charge is 2.22. The smallest absolute Gasteiger partial charge is 0.289 e. The zero-order valence-corrected chi connectivity index (χ0v) is 10.6. The number of para-hydroxylation sites is 2. The van der Waals surface area contributed by atoms with Crippen molar-refractivity contribution in [3.05, 3.63) is 30.1 Å². The van der Waals surface area contributed by atoms with Gasteiger partial charge in [0.05, 0.1) is 11.0 Å². The molecule has 0 unspecified atom stereocenters. The largest absolute Gasteiger partial charge is 0.336 e. The summed E-state index contributed by atoms with van der Waals surface area (Å²) in [4.78, 5) is 18.8. The van der Waals surface area contributed by atoms with Gasteiger partial charge in [0, 0.05) is 20.1 Å². The van der Waals surface area contributed by atoms with Gasteiger partial charge < -0.3 is 9.47 Å². The highest BCUT2D eigenvalue weighted by Crippen LogP contribution is 2.17. The van der Waals surface area contributed by atoms with Gasteiger partial charge in [-0.3, -0.25) is 4.79 Å². The molecule has 1 amide bonds. The molecule has 18 heavy (non-hydrogen) atoms. The minimum atomic E-state index is 0.0633. The van der Waals surface area contributed by atoms with Gasteiger partial charge in [0.2, 0.25) is 0 Å². The second-order valence-electron chi connectivity index (χ2n) is 4.84. The van der Waals surface area contributed by atoms with Gasteiger partial charge in [0.25, 0.3) is 5.91 Å². The van der Waals surface area contributed by atoms with Gasteiger partial charge in [0.1, 0.15) is 0 Å². The molecule has 1 aromatic heterocycles. The number of amides is 1. The fourth-order valence-corrected chi connectivity index (χ4v) is 2.58. The van der Waals surface area contributed by atoms with Gasteiger partial charge in [-0.25, -0.2) is 4.98 Å². The summed E-state index contributed by atoms with van der Waals surface area (Å²) in [5.74, 6) is 0.617. The monoisotopic (exact) mass is 243 g/mol. The number of aromatic nitrogens is 2. The van der Waals surface area contributed by atoms with Crippen molar-refractivity contribution in [2.75, 3.05) is 13.1 Å². The van der Waals surface area contributed by atoms with Gasteiger partial charge in [0.15, 0.2) is 5.82 Å². The van der Waals surface area contributed by atoms with Crippen molar-refractivity contribution in [2.45, 2.75) is 19.3 Å². The summed E-state index contributed by atoms with van der Waals surface area (Å²) in [7, 11) is 1.91. The summed E-state index contributed by atoms with van der Waals surface area (Å²) in [6.45, 7) is 1.73. The second kappa shape index (κ2) is 4.44. The van der Waals surface area contributed by atoms with Crippen LogP contribution in [0.3, 0.4) is 0 Å². The molecule has 1 aliphatic heterocycles. The Morgan fingerprint density at radius 1 is 1.17 bits per heavy atom. The van der Waals surface area contributed by atoms with Crippen LogP contribution in [0, 0.1) is 0 Å². The number of aryl methyl sites for hydroxylation is 1. The summed E-state index contributed by atoms with van der Waals surface area (Å²) in [6, 6.07) is 7.86. The van der Waals surface area contributed by atoms with E-state index in [0.29, 0.717) is 5.82 Å². The molecule has 0 atom stereocenters. The predicted octanol–water partition coefficient (Wildman–Crippen LogP) is 2.20. The van der Waals surface area contributed by atoms with Crippen LogP contribution >= 0.6 is 0 Å². The van der Waals surface area contributed by atoms with Crippen LogP contribution in [0.25, 0.3) is 11.0 Å². The third-order valence-corrected chi connectivity index (χ3v) is 3.62. The minimum absolute atomic E-state index is 0.0633. The standard InChI is InChI=1S/C14H17N3O/c1-16-12-8-4-3-7-11(12)15-13(16)14(18)17-9-5-2-6-10-17/h3-4,7-8H,2,5-6,9-10H2,1H3. The van der Waals surface area contributed by atoms with Crippen LogP contribution in [-0.4, -0.2) is 33.4 Å². The third-order valence-electron chi connectivity index (χ3n) is 3.62. The van der Waals surface area contributed by atoms with Crippen molar-refractivity contribution in [3.63, 3.8) is 0 Å². The van der Waals surface area contributed by atoms with E-state index in [-0.39, 0.29) is 5.91 Å². The van der Waals surface area contributed by atoms with Gasteiger partial charge in [-0.1, -0.05) is 12.1 Å². The Hall–Kier alpha value is -1.84. The molecule has 1 saturated heterocycles. The molecule has 2 heterocycles. The maximum absolute atomic E-state index is 12.4. The number of fused-ring (bicyclic) bond motifs is 1. The van der Waals surface area contributed by atoms with Crippen LogP contribution in [0.5, 0.6) is 0 Å². The van der Waals surface area contributed by atoms with Crippen molar-refractivity contribution in [2.24, 2.45) is 7.05 Å². The molecule has 0 spiro atoms. The Morgan fingerprint density at radius 2 is 1.89 bits per heavy atom. The normalized spacial score (nSPS) is 16.2. The number of benzene rings is 1. The molecular weight excluding hydrogens is 226 g/mol. The van der Waals surface area contributed by atoms with Crippen molar-refractivity contribution in [1.29, 1.82) is 0 Å². The molecule has 1 aromatic carbocycles. The number of likely N-dealkylation sites (tertiary alicyclic amines) is 1. The predicted molar refractivity (Wildman–Crippen MR) is 70.5 cm³/mol. The molecule has 4 heteroatoms. The number of carbonyl (C=O) groups is 1. The van der Waals surface area contributed by atoms with E-state index in [1.54, 1.807) is 0 Å². The van der Waals surface area contributed by atoms with E-state index in [4.69, 9.17) is 0 Å². The maximum Gasteiger partial charge on any atom is 0.289 e. The van der Waals surface area contributed by atoms with E-state index < -0.39 is 0 Å². The van der Waals surface area contributed by atoms with Gasteiger partial charge >= 0.3 is 0 Å². The van der Waals surface area contributed by atoms with Crippen LogP contribution in [0.2, 0.25) is 0 Å². The minimum Gasteiger partial charge on any atom is -0.336 e. The first-order chi connectivity index (χ1) is 8.77. The molecule has 0 radical (unpaired) electrons. The number of carbonyl (C=O) groups excluding carboxylic acids is 1. The Bertz CT molecular complexity index is 582.